The monoisotopic (exact) mass is 377 g/mol. The number of halogens is 2. The van der Waals surface area contributed by atoms with Gasteiger partial charge in [0.15, 0.2) is 16.7 Å². The lowest BCUT2D eigenvalue weighted by molar-refractivity contribution is -0.113. The number of hydrogen-bond acceptors (Lipinski definition) is 5. The summed E-state index contributed by atoms with van der Waals surface area (Å²) in [5.41, 5.74) is 1.34. The highest BCUT2D eigenvalue weighted by Crippen LogP contribution is 2.34. The molecule has 2 heterocycles. The highest BCUT2D eigenvalue weighted by atomic mass is 32.2. The second-order valence-electron chi connectivity index (χ2n) is 5.44. The van der Waals surface area contributed by atoms with E-state index in [2.05, 4.69) is 10.3 Å². The molecule has 0 atom stereocenters. The fourth-order valence-electron chi connectivity index (χ4n) is 2.61. The first-order valence-corrected chi connectivity index (χ1v) is 8.68. The van der Waals surface area contributed by atoms with Crippen molar-refractivity contribution in [3.63, 3.8) is 0 Å². The molecular formula is C17H13F2N3O3S. The highest BCUT2D eigenvalue weighted by molar-refractivity contribution is 7.99. The van der Waals surface area contributed by atoms with E-state index in [1.807, 2.05) is 0 Å². The topological polar surface area (TPSA) is 65.4 Å². The zero-order chi connectivity index (χ0) is 18.1. The molecule has 0 saturated heterocycles. The van der Waals surface area contributed by atoms with E-state index in [-0.39, 0.29) is 23.6 Å². The number of imidazole rings is 1. The van der Waals surface area contributed by atoms with Crippen molar-refractivity contribution in [2.24, 2.45) is 0 Å². The Labute approximate surface area is 151 Å². The van der Waals surface area contributed by atoms with Crippen molar-refractivity contribution in [2.75, 3.05) is 17.9 Å². The molecule has 4 rings (SSSR count). The summed E-state index contributed by atoms with van der Waals surface area (Å²) in [6.45, 7) is -2.59. The number of aromatic nitrogens is 2. The smallest absolute Gasteiger partial charge is 0.321 e. The van der Waals surface area contributed by atoms with Gasteiger partial charge in [0.25, 0.3) is 0 Å². The predicted molar refractivity (Wildman–Crippen MR) is 92.9 cm³/mol. The molecule has 1 aliphatic rings. The van der Waals surface area contributed by atoms with Gasteiger partial charge in [0.05, 0.1) is 16.8 Å². The summed E-state index contributed by atoms with van der Waals surface area (Å²) in [6, 6.07) is 11.7. The van der Waals surface area contributed by atoms with Crippen molar-refractivity contribution in [1.29, 1.82) is 0 Å². The van der Waals surface area contributed by atoms with Gasteiger partial charge in [0.1, 0.15) is 0 Å². The second kappa shape index (κ2) is 6.83. The molecule has 2 aromatic carbocycles. The van der Waals surface area contributed by atoms with Crippen LogP contribution in [0.25, 0.3) is 11.0 Å². The first-order chi connectivity index (χ1) is 12.6. The number of rotatable bonds is 5. The molecule has 9 heteroatoms. The lowest BCUT2D eigenvalue weighted by Gasteiger charge is -2.08. The minimum atomic E-state index is -2.73. The third-order valence-electron chi connectivity index (χ3n) is 3.75. The summed E-state index contributed by atoms with van der Waals surface area (Å²) in [5.74, 6) is 0.782. The van der Waals surface area contributed by atoms with Crippen LogP contribution in [0, 0.1) is 0 Å². The summed E-state index contributed by atoms with van der Waals surface area (Å²) in [6.07, 6.45) is 0. The van der Waals surface area contributed by atoms with Gasteiger partial charge in [0.2, 0.25) is 12.7 Å². The van der Waals surface area contributed by atoms with Crippen LogP contribution in [0.15, 0.2) is 47.6 Å². The van der Waals surface area contributed by atoms with Crippen molar-refractivity contribution < 1.29 is 23.0 Å². The maximum atomic E-state index is 13.4. The van der Waals surface area contributed by atoms with Crippen LogP contribution < -0.4 is 14.8 Å². The molecule has 0 unspecified atom stereocenters. The van der Waals surface area contributed by atoms with E-state index in [0.717, 1.165) is 16.3 Å². The molecule has 0 spiro atoms. The number of hydrogen-bond donors (Lipinski definition) is 1. The number of thioether (sulfide) groups is 1. The van der Waals surface area contributed by atoms with Crippen molar-refractivity contribution in [3.05, 3.63) is 42.5 Å². The third-order valence-corrected chi connectivity index (χ3v) is 4.70. The van der Waals surface area contributed by atoms with Crippen LogP contribution in [-0.2, 0) is 4.79 Å². The third kappa shape index (κ3) is 3.17. The predicted octanol–water partition coefficient (Wildman–Crippen LogP) is 3.89. The Balaban J connectivity index is 1.46. The lowest BCUT2D eigenvalue weighted by Crippen LogP contribution is -2.14. The van der Waals surface area contributed by atoms with Crippen molar-refractivity contribution in [3.8, 4) is 11.5 Å². The zero-order valence-electron chi connectivity index (χ0n) is 13.3. The average molecular weight is 377 g/mol. The van der Waals surface area contributed by atoms with Gasteiger partial charge in [-0.1, -0.05) is 23.9 Å². The van der Waals surface area contributed by atoms with E-state index < -0.39 is 6.55 Å². The van der Waals surface area contributed by atoms with Crippen LogP contribution in [0.3, 0.4) is 0 Å². The Morgan fingerprint density at radius 1 is 1.23 bits per heavy atom. The molecule has 0 radical (unpaired) electrons. The van der Waals surface area contributed by atoms with Gasteiger partial charge in [0, 0.05) is 11.8 Å². The van der Waals surface area contributed by atoms with Gasteiger partial charge in [-0.05, 0) is 24.3 Å². The molecule has 0 fully saturated rings. The molecule has 1 N–H and O–H groups in total. The van der Waals surface area contributed by atoms with Gasteiger partial charge < -0.3 is 14.8 Å². The Hall–Kier alpha value is -2.81. The number of para-hydroxylation sites is 2. The SMILES string of the molecule is O=C(CSc1nc2ccccc2n1C(F)F)Nc1ccc2c(c1)OCO2. The molecule has 0 saturated carbocycles. The summed E-state index contributed by atoms with van der Waals surface area (Å²) in [4.78, 5) is 16.3. The van der Waals surface area contributed by atoms with E-state index in [4.69, 9.17) is 9.47 Å². The number of fused-ring (bicyclic) bond motifs is 2. The molecular weight excluding hydrogens is 364 g/mol. The molecule has 0 aliphatic carbocycles. The van der Waals surface area contributed by atoms with Gasteiger partial charge in [-0.3, -0.25) is 9.36 Å². The maximum Gasteiger partial charge on any atom is 0.321 e. The Kier molecular flexibility index (Phi) is 4.37. The molecule has 3 aromatic rings. The average Bonchev–Trinajstić information content (AvgIpc) is 3.23. The fraction of sp³-hybridized carbons (Fsp3) is 0.176. The van der Waals surface area contributed by atoms with Crippen molar-refractivity contribution >= 4 is 34.4 Å². The van der Waals surface area contributed by atoms with E-state index >= 15 is 0 Å². The molecule has 1 amide bonds. The number of alkyl halides is 2. The first kappa shape index (κ1) is 16.6. The van der Waals surface area contributed by atoms with Gasteiger partial charge >= 0.3 is 6.55 Å². The minimum Gasteiger partial charge on any atom is -0.454 e. The number of benzene rings is 2. The number of nitrogens with zero attached hydrogens (tertiary/aromatic N) is 2. The van der Waals surface area contributed by atoms with Gasteiger partial charge in [-0.15, -0.1) is 0 Å². The minimum absolute atomic E-state index is 0.0511. The molecule has 0 bridgehead atoms. The van der Waals surface area contributed by atoms with Gasteiger partial charge in [-0.25, -0.2) is 4.98 Å². The van der Waals surface area contributed by atoms with Crippen LogP contribution in [0.1, 0.15) is 6.55 Å². The number of amides is 1. The zero-order valence-corrected chi connectivity index (χ0v) is 14.1. The Morgan fingerprint density at radius 3 is 2.88 bits per heavy atom. The molecule has 26 heavy (non-hydrogen) atoms. The van der Waals surface area contributed by atoms with E-state index in [0.29, 0.717) is 28.2 Å². The molecule has 134 valence electrons. The lowest BCUT2D eigenvalue weighted by atomic mass is 10.3. The number of anilines is 1. The summed E-state index contributed by atoms with van der Waals surface area (Å²) in [7, 11) is 0. The normalized spacial score (nSPS) is 12.7. The molecule has 1 aromatic heterocycles. The molecule has 1 aliphatic heterocycles. The molecule has 6 nitrogen and oxygen atoms in total. The maximum absolute atomic E-state index is 13.4. The quantitative estimate of drug-likeness (QED) is 0.684. The van der Waals surface area contributed by atoms with Crippen LogP contribution in [-0.4, -0.2) is 28.0 Å². The van der Waals surface area contributed by atoms with Crippen molar-refractivity contribution in [1.82, 2.24) is 9.55 Å². The largest absolute Gasteiger partial charge is 0.454 e. The van der Waals surface area contributed by atoms with E-state index in [1.54, 1.807) is 42.5 Å². The number of carbonyl (C=O) groups is 1. The Bertz CT molecular complexity index is 977. The first-order valence-electron chi connectivity index (χ1n) is 7.69. The van der Waals surface area contributed by atoms with Crippen LogP contribution in [0.4, 0.5) is 14.5 Å². The number of nitrogens with one attached hydrogen (secondary N) is 1. The van der Waals surface area contributed by atoms with E-state index in [1.165, 1.54) is 0 Å². The number of ether oxygens (including phenoxy) is 2. The van der Waals surface area contributed by atoms with Crippen LogP contribution >= 0.6 is 11.8 Å². The summed E-state index contributed by atoms with van der Waals surface area (Å²) < 4.78 is 38.0. The summed E-state index contributed by atoms with van der Waals surface area (Å²) >= 11 is 0.958. The van der Waals surface area contributed by atoms with Gasteiger partial charge in [-0.2, -0.15) is 8.78 Å². The van der Waals surface area contributed by atoms with Crippen LogP contribution in [0.2, 0.25) is 0 Å². The highest BCUT2D eigenvalue weighted by Gasteiger charge is 2.19. The second-order valence-corrected chi connectivity index (χ2v) is 6.38. The summed E-state index contributed by atoms with van der Waals surface area (Å²) in [5, 5.41) is 2.80. The van der Waals surface area contributed by atoms with Crippen LogP contribution in [0.5, 0.6) is 11.5 Å². The van der Waals surface area contributed by atoms with E-state index in [9.17, 15) is 13.6 Å². The Morgan fingerprint density at radius 2 is 2.04 bits per heavy atom. The van der Waals surface area contributed by atoms with Crippen molar-refractivity contribution in [2.45, 2.75) is 11.7 Å². The standard InChI is InChI=1S/C17H13F2N3O3S/c18-16(19)22-12-4-2-1-3-11(12)21-17(22)26-8-15(23)20-10-5-6-13-14(7-10)25-9-24-13/h1-7,16H,8-9H2,(H,20,23). The fourth-order valence-corrected chi connectivity index (χ4v) is 3.43. The number of carbonyl (C=O) groups excluding carboxylic acids is 1.